The van der Waals surface area contributed by atoms with E-state index >= 15 is 0 Å². The largest absolute Gasteiger partial charge is 0.408 e. The van der Waals surface area contributed by atoms with Gasteiger partial charge >= 0.3 is 0 Å². The molecule has 0 aliphatic carbocycles. The third-order valence-corrected chi connectivity index (χ3v) is 4.46. The molecule has 5 heteroatoms. The van der Waals surface area contributed by atoms with Gasteiger partial charge in [0.1, 0.15) is 5.88 Å². The number of hydrogen-bond donors (Lipinski definition) is 1. The minimum absolute atomic E-state index is 0.0467. The molecule has 0 fully saturated rings. The van der Waals surface area contributed by atoms with E-state index in [4.69, 9.17) is 16.0 Å². The Morgan fingerprint density at radius 1 is 1.29 bits per heavy atom. The first-order valence-electron chi connectivity index (χ1n) is 6.98. The van der Waals surface area contributed by atoms with E-state index in [9.17, 15) is 4.79 Å². The van der Waals surface area contributed by atoms with Crippen LogP contribution in [0.5, 0.6) is 0 Å². The van der Waals surface area contributed by atoms with Crippen LogP contribution in [0, 0.1) is 6.92 Å². The smallest absolute Gasteiger partial charge is 0.239 e. The summed E-state index contributed by atoms with van der Waals surface area (Å²) in [5.41, 5.74) is 2.47. The average Bonchev–Trinajstić information content (AvgIpc) is 2.38. The Balaban J connectivity index is 3.01. The lowest BCUT2D eigenvalue weighted by atomic mass is 9.93. The highest BCUT2D eigenvalue weighted by Gasteiger charge is 2.27. The molecule has 0 heterocycles. The molecule has 0 saturated carbocycles. The Bertz CT molecular complexity index is 509. The molecule has 21 heavy (non-hydrogen) atoms. The molecule has 0 bridgehead atoms. The normalized spacial score (nSPS) is 12.3. The highest BCUT2D eigenvalue weighted by atomic mass is 35.5. The highest BCUT2D eigenvalue weighted by Crippen LogP contribution is 2.33. The third-order valence-electron chi connectivity index (χ3n) is 2.99. The molecule has 3 nitrogen and oxygen atoms in total. The van der Waals surface area contributed by atoms with Gasteiger partial charge in [-0.05, 0) is 43.0 Å². The van der Waals surface area contributed by atoms with Gasteiger partial charge < -0.3 is 9.74 Å². The Hall–Kier alpha value is -0.843. The lowest BCUT2D eigenvalue weighted by molar-refractivity contribution is -0.113. The van der Waals surface area contributed by atoms with Crippen LogP contribution < -0.4 is 5.32 Å². The molecule has 1 amide bonds. The maximum absolute atomic E-state index is 11.5. The second kappa shape index (κ2) is 6.94. The quantitative estimate of drug-likeness (QED) is 0.649. The number of carbonyl (C=O) groups excluding carboxylic acids is 1. The molecule has 1 rings (SSSR count). The molecule has 116 valence electrons. The summed E-state index contributed by atoms with van der Waals surface area (Å²) in [6.07, 6.45) is 0. The molecular weight excluding hydrogens is 302 g/mol. The van der Waals surface area contributed by atoms with Crippen molar-refractivity contribution in [2.24, 2.45) is 0 Å². The molecule has 1 aromatic rings. The number of benzene rings is 1. The van der Waals surface area contributed by atoms with Crippen LogP contribution in [0.4, 0.5) is 5.69 Å². The Morgan fingerprint density at radius 3 is 2.43 bits per heavy atom. The van der Waals surface area contributed by atoms with Crippen molar-refractivity contribution in [2.45, 2.75) is 52.2 Å². The number of hydrogen-bond acceptors (Lipinski definition) is 2. The average molecular weight is 326 g/mol. The molecule has 2 radical (unpaired) electrons. The minimum atomic E-state index is -0.405. The van der Waals surface area contributed by atoms with Gasteiger partial charge in [-0.3, -0.25) is 4.79 Å². The van der Waals surface area contributed by atoms with Gasteiger partial charge in [0, 0.05) is 5.69 Å². The predicted octanol–water partition coefficient (Wildman–Crippen LogP) is 4.26. The van der Waals surface area contributed by atoms with Crippen molar-refractivity contribution in [3.8, 4) is 0 Å². The fourth-order valence-corrected chi connectivity index (χ4v) is 2.68. The SMILES string of the molecule is Cc1c(NC(=O)CCl)cccc1C(C)(C)O[Si]C(C)(C)C. The number of carbonyl (C=O) groups is 1. The van der Waals surface area contributed by atoms with E-state index in [1.165, 1.54) is 0 Å². The van der Waals surface area contributed by atoms with Crippen molar-refractivity contribution >= 4 is 33.0 Å². The summed E-state index contributed by atoms with van der Waals surface area (Å²) >= 11 is 5.55. The second-order valence-corrected chi connectivity index (χ2v) is 8.80. The van der Waals surface area contributed by atoms with Crippen molar-refractivity contribution < 1.29 is 9.22 Å². The van der Waals surface area contributed by atoms with Gasteiger partial charge in [0.2, 0.25) is 15.7 Å². The van der Waals surface area contributed by atoms with Crippen LogP contribution in [-0.2, 0) is 14.8 Å². The van der Waals surface area contributed by atoms with Crippen molar-refractivity contribution in [2.75, 3.05) is 11.2 Å². The molecule has 0 saturated heterocycles. The standard InChI is InChI=1S/C16H24ClNO2Si/c1-11-12(16(5,6)20-21-15(2,3)4)8-7-9-13(11)18-14(19)10-17/h7-9H,10H2,1-6H3,(H,18,19). The lowest BCUT2D eigenvalue weighted by Gasteiger charge is -2.31. The first-order chi connectivity index (χ1) is 9.57. The van der Waals surface area contributed by atoms with Crippen LogP contribution in [0.15, 0.2) is 18.2 Å². The van der Waals surface area contributed by atoms with Crippen LogP contribution in [0.2, 0.25) is 5.04 Å². The van der Waals surface area contributed by atoms with Crippen LogP contribution in [0.3, 0.4) is 0 Å². The summed E-state index contributed by atoms with van der Waals surface area (Å²) in [7, 11) is 0.399. The van der Waals surface area contributed by atoms with Crippen LogP contribution in [0.25, 0.3) is 0 Å². The summed E-state index contributed by atoms with van der Waals surface area (Å²) in [5.74, 6) is -0.248. The molecule has 0 atom stereocenters. The van der Waals surface area contributed by atoms with E-state index in [-0.39, 0.29) is 16.8 Å². The zero-order valence-corrected chi connectivity index (χ0v) is 15.4. The van der Waals surface area contributed by atoms with E-state index in [1.807, 2.05) is 25.1 Å². The topological polar surface area (TPSA) is 38.3 Å². The first kappa shape index (κ1) is 18.2. The molecule has 0 aliphatic heterocycles. The van der Waals surface area contributed by atoms with Crippen LogP contribution in [-0.4, -0.2) is 21.6 Å². The molecule has 0 aromatic heterocycles. The molecule has 0 spiro atoms. The van der Waals surface area contributed by atoms with Crippen molar-refractivity contribution in [1.29, 1.82) is 0 Å². The summed E-state index contributed by atoms with van der Waals surface area (Å²) in [5, 5.41) is 2.96. The molecule has 0 aliphatic rings. The first-order valence-corrected chi connectivity index (χ1v) is 8.42. The summed E-state index contributed by atoms with van der Waals surface area (Å²) in [4.78, 5) is 11.5. The van der Waals surface area contributed by atoms with Crippen molar-refractivity contribution in [3.05, 3.63) is 29.3 Å². The maximum Gasteiger partial charge on any atom is 0.239 e. The lowest BCUT2D eigenvalue weighted by Crippen LogP contribution is -2.28. The predicted molar refractivity (Wildman–Crippen MR) is 90.1 cm³/mol. The maximum atomic E-state index is 11.5. The Labute approximate surface area is 135 Å². The van der Waals surface area contributed by atoms with Gasteiger partial charge in [0.15, 0.2) is 0 Å². The van der Waals surface area contributed by atoms with E-state index < -0.39 is 5.60 Å². The van der Waals surface area contributed by atoms with E-state index in [1.54, 1.807) is 0 Å². The fourth-order valence-electron chi connectivity index (χ4n) is 1.94. The van der Waals surface area contributed by atoms with Crippen LogP contribution >= 0.6 is 11.6 Å². The number of amides is 1. The highest BCUT2D eigenvalue weighted by molar-refractivity contribution is 6.31. The summed E-state index contributed by atoms with van der Waals surface area (Å²) in [6.45, 7) is 12.6. The minimum Gasteiger partial charge on any atom is -0.408 e. The van der Waals surface area contributed by atoms with E-state index in [2.05, 4.69) is 39.9 Å². The monoisotopic (exact) mass is 325 g/mol. The second-order valence-electron chi connectivity index (χ2n) is 6.62. The zero-order valence-electron chi connectivity index (χ0n) is 13.6. The van der Waals surface area contributed by atoms with Crippen molar-refractivity contribution in [3.63, 3.8) is 0 Å². The van der Waals surface area contributed by atoms with E-state index in [0.717, 1.165) is 16.8 Å². The molecular formula is C16H24ClNO2Si. The number of rotatable bonds is 5. The van der Waals surface area contributed by atoms with Gasteiger partial charge in [-0.2, -0.15) is 0 Å². The molecule has 1 N–H and O–H groups in total. The number of anilines is 1. The fraction of sp³-hybridized carbons (Fsp3) is 0.562. The molecule has 1 aromatic carbocycles. The van der Waals surface area contributed by atoms with Crippen molar-refractivity contribution in [1.82, 2.24) is 0 Å². The Kier molecular flexibility index (Phi) is 6.02. The van der Waals surface area contributed by atoms with Gasteiger partial charge in [-0.15, -0.1) is 11.6 Å². The summed E-state index contributed by atoms with van der Waals surface area (Å²) in [6, 6.07) is 5.85. The number of nitrogens with one attached hydrogen (secondary N) is 1. The summed E-state index contributed by atoms with van der Waals surface area (Å²) < 4.78 is 6.14. The van der Waals surface area contributed by atoms with Gasteiger partial charge in [0.25, 0.3) is 0 Å². The molecule has 0 unspecified atom stereocenters. The van der Waals surface area contributed by atoms with Crippen LogP contribution in [0.1, 0.15) is 45.7 Å². The Morgan fingerprint density at radius 2 is 1.90 bits per heavy atom. The van der Waals surface area contributed by atoms with Gasteiger partial charge in [-0.25, -0.2) is 0 Å². The van der Waals surface area contributed by atoms with Gasteiger partial charge in [-0.1, -0.05) is 32.9 Å². The number of alkyl halides is 1. The third kappa shape index (κ3) is 5.45. The van der Waals surface area contributed by atoms with Gasteiger partial charge in [0.05, 0.1) is 5.60 Å². The van der Waals surface area contributed by atoms with E-state index in [0.29, 0.717) is 9.76 Å². The zero-order chi connectivity index (χ0) is 16.3. The number of halogens is 1.